The summed E-state index contributed by atoms with van der Waals surface area (Å²) in [4.78, 5) is -0.207. The molecule has 0 bridgehead atoms. The van der Waals surface area contributed by atoms with Gasteiger partial charge in [-0.2, -0.15) is 8.42 Å². The predicted octanol–water partition coefficient (Wildman–Crippen LogP) is 3.54. The summed E-state index contributed by atoms with van der Waals surface area (Å²) >= 11 is 6.03. The molecule has 0 fully saturated rings. The number of hydrogen-bond donors (Lipinski definition) is 0. The van der Waals surface area contributed by atoms with E-state index >= 15 is 0 Å². The zero-order valence-corrected chi connectivity index (χ0v) is 17.4. The van der Waals surface area contributed by atoms with E-state index in [1.54, 1.807) is 31.2 Å². The highest BCUT2D eigenvalue weighted by Crippen LogP contribution is 2.28. The van der Waals surface area contributed by atoms with Gasteiger partial charge in [0.05, 0.1) is 4.90 Å². The number of sulfone groups is 1. The molecule has 0 unspecified atom stereocenters. The van der Waals surface area contributed by atoms with Crippen LogP contribution in [0, 0.1) is 13.8 Å². The van der Waals surface area contributed by atoms with Crippen molar-refractivity contribution in [3.05, 3.63) is 69.8 Å². The Labute approximate surface area is 164 Å². The third-order valence-corrected chi connectivity index (χ3v) is 7.26. The lowest BCUT2D eigenvalue weighted by Gasteiger charge is -2.13. The van der Waals surface area contributed by atoms with Gasteiger partial charge in [-0.3, -0.25) is 0 Å². The average Bonchev–Trinajstić information content (AvgIpc) is 2.61. The number of hydrogen-bond acceptors (Lipinski definition) is 6. The van der Waals surface area contributed by atoms with Crippen molar-refractivity contribution in [2.45, 2.75) is 23.6 Å². The van der Waals surface area contributed by atoms with E-state index in [0.717, 1.165) is 11.1 Å². The molecule has 9 heteroatoms. The Hall–Kier alpha value is -1.87. The molecular weight excluding hydrogens is 412 g/mol. The highest BCUT2D eigenvalue weighted by atomic mass is 35.5. The molecule has 2 rings (SSSR count). The second-order valence-corrected chi connectivity index (χ2v) is 9.83. The van der Waals surface area contributed by atoms with Crippen LogP contribution in [0.25, 0.3) is 0 Å². The van der Waals surface area contributed by atoms with Gasteiger partial charge in [0.15, 0.2) is 10.1 Å². The lowest BCUT2D eigenvalue weighted by atomic mass is 10.2. The molecule has 0 saturated carbocycles. The van der Waals surface area contributed by atoms with E-state index in [0.29, 0.717) is 0 Å². The van der Waals surface area contributed by atoms with Gasteiger partial charge in [0, 0.05) is 7.11 Å². The van der Waals surface area contributed by atoms with Crippen molar-refractivity contribution >= 4 is 31.6 Å². The van der Waals surface area contributed by atoms with Crippen LogP contribution in [0.5, 0.6) is 0 Å². The van der Waals surface area contributed by atoms with Crippen molar-refractivity contribution in [1.82, 2.24) is 0 Å². The molecule has 0 aliphatic carbocycles. The minimum atomic E-state index is -4.28. The number of rotatable bonds is 7. The molecule has 0 spiro atoms. The maximum atomic E-state index is 12.7. The van der Waals surface area contributed by atoms with Crippen LogP contribution in [0.1, 0.15) is 11.1 Å². The van der Waals surface area contributed by atoms with Crippen LogP contribution in [0.2, 0.25) is 0 Å². The Kier molecular flexibility index (Phi) is 6.69. The molecule has 2 aromatic rings. The minimum absolute atomic E-state index is 0.0805. The fourth-order valence-electron chi connectivity index (χ4n) is 2.10. The van der Waals surface area contributed by atoms with Crippen molar-refractivity contribution in [1.29, 1.82) is 0 Å². The van der Waals surface area contributed by atoms with E-state index in [1.807, 2.05) is 6.92 Å². The second-order valence-electron chi connectivity index (χ2n) is 5.80. The van der Waals surface area contributed by atoms with Gasteiger partial charge in [-0.25, -0.2) is 8.42 Å². The van der Waals surface area contributed by atoms with Crippen LogP contribution in [0.15, 0.2) is 68.4 Å². The van der Waals surface area contributed by atoms with Gasteiger partial charge in [0.2, 0.25) is 9.84 Å². The largest absolute Gasteiger partial charge is 0.379 e. The Bertz CT molecular complexity index is 1040. The molecule has 0 aromatic heterocycles. The maximum absolute atomic E-state index is 12.7. The zero-order chi connectivity index (χ0) is 20.2. The summed E-state index contributed by atoms with van der Waals surface area (Å²) < 4.78 is 59.5. The van der Waals surface area contributed by atoms with Gasteiger partial charge in [-0.1, -0.05) is 47.0 Å². The van der Waals surface area contributed by atoms with Gasteiger partial charge in [-0.05, 0) is 38.1 Å². The molecule has 0 aliphatic heterocycles. The summed E-state index contributed by atoms with van der Waals surface area (Å²) in [7, 11) is -7.17. The number of methoxy groups -OCH3 is 1. The third kappa shape index (κ3) is 5.10. The summed E-state index contributed by atoms with van der Waals surface area (Å²) in [5.41, 5.74) is 1.73. The number of halogens is 1. The highest BCUT2D eigenvalue weighted by Gasteiger charge is 2.28. The first-order valence-electron chi connectivity index (χ1n) is 7.78. The van der Waals surface area contributed by atoms with Crippen LogP contribution >= 0.6 is 11.6 Å². The summed E-state index contributed by atoms with van der Waals surface area (Å²) in [6.07, 6.45) is 0. The smallest absolute Gasteiger partial charge is 0.339 e. The lowest BCUT2D eigenvalue weighted by molar-refractivity contribution is 0.190. The summed E-state index contributed by atoms with van der Waals surface area (Å²) in [6.45, 7) is 3.18. The topological polar surface area (TPSA) is 86.7 Å². The Morgan fingerprint density at radius 1 is 0.852 bits per heavy atom. The molecule has 0 aliphatic rings. The summed E-state index contributed by atoms with van der Waals surface area (Å²) in [5, 5.41) is 0. The van der Waals surface area contributed by atoms with Crippen LogP contribution in [0.3, 0.4) is 0 Å². The summed E-state index contributed by atoms with van der Waals surface area (Å²) in [5.74, 6) is -0.514. The van der Waals surface area contributed by atoms with Gasteiger partial charge < -0.3 is 8.92 Å². The van der Waals surface area contributed by atoms with Crippen molar-refractivity contribution in [2.24, 2.45) is 0 Å². The number of benzene rings is 2. The Morgan fingerprint density at radius 2 is 1.30 bits per heavy atom. The first-order chi connectivity index (χ1) is 12.6. The van der Waals surface area contributed by atoms with E-state index in [-0.39, 0.29) is 9.79 Å². The molecule has 2 aromatic carbocycles. The van der Waals surface area contributed by atoms with Crippen LogP contribution in [0.4, 0.5) is 0 Å². The molecule has 0 saturated heterocycles. The zero-order valence-electron chi connectivity index (χ0n) is 15.0. The van der Waals surface area contributed by atoms with Gasteiger partial charge in [-0.15, -0.1) is 0 Å². The molecule has 6 nitrogen and oxygen atoms in total. The first kappa shape index (κ1) is 21.4. The molecule has 0 radical (unpaired) electrons. The molecule has 0 amide bonds. The third-order valence-electron chi connectivity index (χ3n) is 3.58. The lowest BCUT2D eigenvalue weighted by Crippen LogP contribution is -2.14. The number of ether oxygens (including phenoxy) is 1. The van der Waals surface area contributed by atoms with Gasteiger partial charge in [0.1, 0.15) is 11.5 Å². The normalized spacial score (nSPS) is 13.2. The SMILES string of the molecule is COC/C(OS(=O)(=O)c1ccc(C)cc1)=C(\Cl)S(=O)(=O)c1ccc(C)cc1. The van der Waals surface area contributed by atoms with Gasteiger partial charge in [0.25, 0.3) is 0 Å². The fourth-order valence-corrected chi connectivity index (χ4v) is 4.62. The first-order valence-corrected chi connectivity index (χ1v) is 11.1. The highest BCUT2D eigenvalue weighted by molar-refractivity contribution is 7.97. The molecular formula is C18H19ClO6S2. The monoisotopic (exact) mass is 430 g/mol. The average molecular weight is 431 g/mol. The van der Waals surface area contributed by atoms with Crippen molar-refractivity contribution in [3.63, 3.8) is 0 Å². The van der Waals surface area contributed by atoms with E-state index in [1.165, 1.54) is 31.4 Å². The van der Waals surface area contributed by atoms with Crippen LogP contribution < -0.4 is 0 Å². The standard InChI is InChI=1S/C18H19ClO6S2/c1-13-4-8-15(9-5-13)26(20,21)18(19)17(12-24-3)25-27(22,23)16-10-6-14(2)7-11-16/h4-11H,12H2,1-3H3/b18-17-. The molecule has 146 valence electrons. The molecule has 0 atom stereocenters. The van der Waals surface area contributed by atoms with E-state index < -0.39 is 36.7 Å². The molecule has 0 heterocycles. The maximum Gasteiger partial charge on any atom is 0.339 e. The minimum Gasteiger partial charge on any atom is -0.379 e. The molecule has 0 N–H and O–H groups in total. The van der Waals surface area contributed by atoms with E-state index in [9.17, 15) is 16.8 Å². The Balaban J connectivity index is 2.48. The van der Waals surface area contributed by atoms with Crippen molar-refractivity contribution < 1.29 is 25.8 Å². The van der Waals surface area contributed by atoms with Crippen LogP contribution in [-0.4, -0.2) is 30.6 Å². The number of aryl methyl sites for hydroxylation is 2. The Morgan fingerprint density at radius 3 is 1.74 bits per heavy atom. The van der Waals surface area contributed by atoms with E-state index in [2.05, 4.69) is 0 Å². The fraction of sp³-hybridized carbons (Fsp3) is 0.222. The van der Waals surface area contributed by atoms with E-state index in [4.69, 9.17) is 20.5 Å². The van der Waals surface area contributed by atoms with Gasteiger partial charge >= 0.3 is 10.1 Å². The summed E-state index contributed by atoms with van der Waals surface area (Å²) in [6, 6.07) is 11.9. The van der Waals surface area contributed by atoms with Crippen molar-refractivity contribution in [2.75, 3.05) is 13.7 Å². The second kappa shape index (κ2) is 8.43. The van der Waals surface area contributed by atoms with Crippen molar-refractivity contribution in [3.8, 4) is 0 Å². The quantitative estimate of drug-likeness (QED) is 0.493. The molecule has 27 heavy (non-hydrogen) atoms. The predicted molar refractivity (Wildman–Crippen MR) is 103 cm³/mol. The van der Waals surface area contributed by atoms with Crippen LogP contribution in [-0.2, 0) is 28.9 Å².